The van der Waals surface area contributed by atoms with E-state index >= 15 is 0 Å². The molecule has 0 aliphatic carbocycles. The molecule has 0 spiro atoms. The maximum Gasteiger partial charge on any atom is 0.311 e. The van der Waals surface area contributed by atoms with E-state index in [1.165, 1.54) is 6.07 Å². The average Bonchev–Trinajstić information content (AvgIpc) is 2.63. The van der Waals surface area contributed by atoms with Crippen LogP contribution in [-0.2, 0) is 14.9 Å². The molecule has 17 heavy (non-hydrogen) atoms. The van der Waals surface area contributed by atoms with Gasteiger partial charge in [0.25, 0.3) is 5.88 Å². The lowest BCUT2D eigenvalue weighted by molar-refractivity contribution is 0.0720. The zero-order chi connectivity index (χ0) is 12.3. The summed E-state index contributed by atoms with van der Waals surface area (Å²) in [4.78, 5) is 0. The molecule has 1 aliphatic rings. The Balaban J connectivity index is 1.94. The van der Waals surface area contributed by atoms with Crippen LogP contribution in [0.15, 0.2) is 10.6 Å². The van der Waals surface area contributed by atoms with Gasteiger partial charge in [0.2, 0.25) is 0 Å². The number of ether oxygens (including phenoxy) is 1. The van der Waals surface area contributed by atoms with Gasteiger partial charge in [0.1, 0.15) is 5.76 Å². The van der Waals surface area contributed by atoms with Gasteiger partial charge in [-0.1, -0.05) is 0 Å². The minimum atomic E-state index is -3.60. The number of hydrogen-bond acceptors (Lipinski definition) is 6. The summed E-state index contributed by atoms with van der Waals surface area (Å²) >= 11 is 0. The molecule has 1 aromatic rings. The number of hydrogen-bond donors (Lipinski definition) is 0. The standard InChI is InChI=1S/C10H15NO5S/c1-8-6-10(11-15-8)16-17(12,13)7-9-2-4-14-5-3-9/h6,9H,2-5,7H2,1H3. The summed E-state index contributed by atoms with van der Waals surface area (Å²) in [5.74, 6) is 0.611. The summed E-state index contributed by atoms with van der Waals surface area (Å²) in [5.41, 5.74) is 0. The first-order valence-electron chi connectivity index (χ1n) is 5.48. The van der Waals surface area contributed by atoms with Gasteiger partial charge in [0, 0.05) is 19.3 Å². The molecule has 0 N–H and O–H groups in total. The molecule has 0 atom stereocenters. The van der Waals surface area contributed by atoms with Gasteiger partial charge in [-0.15, -0.1) is 0 Å². The molecule has 0 radical (unpaired) electrons. The highest BCUT2D eigenvalue weighted by Gasteiger charge is 2.24. The lowest BCUT2D eigenvalue weighted by Crippen LogP contribution is -2.26. The molecule has 6 nitrogen and oxygen atoms in total. The van der Waals surface area contributed by atoms with E-state index in [1.807, 2.05) is 0 Å². The zero-order valence-electron chi connectivity index (χ0n) is 9.59. The Kier molecular flexibility index (Phi) is 3.68. The van der Waals surface area contributed by atoms with Crippen LogP contribution in [-0.4, -0.2) is 32.5 Å². The van der Waals surface area contributed by atoms with Crippen LogP contribution in [0.2, 0.25) is 0 Å². The summed E-state index contributed by atoms with van der Waals surface area (Å²) in [5, 5.41) is 3.49. The predicted octanol–water partition coefficient (Wildman–Crippen LogP) is 1.12. The van der Waals surface area contributed by atoms with E-state index in [0.717, 1.165) is 12.8 Å². The van der Waals surface area contributed by atoms with Crippen molar-refractivity contribution < 1.29 is 21.9 Å². The van der Waals surface area contributed by atoms with E-state index in [9.17, 15) is 8.42 Å². The molecule has 0 saturated carbocycles. The third-order valence-electron chi connectivity index (χ3n) is 2.60. The number of rotatable bonds is 4. The quantitative estimate of drug-likeness (QED) is 0.756. The molecule has 1 fully saturated rings. The van der Waals surface area contributed by atoms with Crippen LogP contribution < -0.4 is 4.18 Å². The Bertz CT molecular complexity index is 461. The second kappa shape index (κ2) is 5.05. The molecule has 0 bridgehead atoms. The Morgan fingerprint density at radius 2 is 2.18 bits per heavy atom. The minimum Gasteiger partial charge on any atom is -0.381 e. The minimum absolute atomic E-state index is 0.00225. The fourth-order valence-electron chi connectivity index (χ4n) is 1.75. The number of aryl methyl sites for hydroxylation is 1. The molecule has 2 heterocycles. The Labute approximate surface area is 100 Å². The third kappa shape index (κ3) is 3.71. The van der Waals surface area contributed by atoms with Crippen molar-refractivity contribution in [2.75, 3.05) is 19.0 Å². The zero-order valence-corrected chi connectivity index (χ0v) is 10.4. The van der Waals surface area contributed by atoms with Crippen molar-refractivity contribution in [2.45, 2.75) is 19.8 Å². The Morgan fingerprint density at radius 3 is 2.76 bits per heavy atom. The van der Waals surface area contributed by atoms with Gasteiger partial charge in [-0.25, -0.2) is 0 Å². The molecule has 0 amide bonds. The predicted molar refractivity (Wildman–Crippen MR) is 59.2 cm³/mol. The average molecular weight is 261 g/mol. The lowest BCUT2D eigenvalue weighted by atomic mass is 10.0. The van der Waals surface area contributed by atoms with Gasteiger partial charge >= 0.3 is 10.1 Å². The van der Waals surface area contributed by atoms with Crippen molar-refractivity contribution in [1.29, 1.82) is 0 Å². The molecule has 1 aromatic heterocycles. The Hall–Kier alpha value is -1.08. The SMILES string of the molecule is Cc1cc(OS(=O)(=O)CC2CCOCC2)no1. The van der Waals surface area contributed by atoms with Crippen LogP contribution >= 0.6 is 0 Å². The molecule has 0 unspecified atom stereocenters. The summed E-state index contributed by atoms with van der Waals surface area (Å²) < 4.78 is 38.2. The smallest absolute Gasteiger partial charge is 0.311 e. The van der Waals surface area contributed by atoms with Gasteiger partial charge in [-0.2, -0.15) is 8.42 Å². The molecule has 2 rings (SSSR count). The van der Waals surface area contributed by atoms with Crippen molar-refractivity contribution >= 4 is 10.1 Å². The van der Waals surface area contributed by atoms with E-state index in [0.29, 0.717) is 19.0 Å². The van der Waals surface area contributed by atoms with Crippen LogP contribution in [0.3, 0.4) is 0 Å². The van der Waals surface area contributed by atoms with Gasteiger partial charge in [-0.05, 0) is 30.8 Å². The monoisotopic (exact) mass is 261 g/mol. The van der Waals surface area contributed by atoms with Crippen LogP contribution in [0.5, 0.6) is 5.88 Å². The van der Waals surface area contributed by atoms with Gasteiger partial charge in [0.15, 0.2) is 0 Å². The van der Waals surface area contributed by atoms with Crippen molar-refractivity contribution in [3.8, 4) is 5.88 Å². The first-order valence-corrected chi connectivity index (χ1v) is 7.06. The van der Waals surface area contributed by atoms with Gasteiger partial charge in [-0.3, -0.25) is 0 Å². The lowest BCUT2D eigenvalue weighted by Gasteiger charge is -2.21. The van der Waals surface area contributed by atoms with Crippen molar-refractivity contribution in [3.63, 3.8) is 0 Å². The maximum absolute atomic E-state index is 11.7. The highest BCUT2D eigenvalue weighted by atomic mass is 32.2. The highest BCUT2D eigenvalue weighted by Crippen LogP contribution is 2.19. The van der Waals surface area contributed by atoms with Crippen LogP contribution in [0.4, 0.5) is 0 Å². The molecule has 96 valence electrons. The number of aromatic nitrogens is 1. The third-order valence-corrected chi connectivity index (χ3v) is 3.90. The van der Waals surface area contributed by atoms with E-state index < -0.39 is 10.1 Å². The number of nitrogens with zero attached hydrogens (tertiary/aromatic N) is 1. The van der Waals surface area contributed by atoms with Crippen LogP contribution in [0, 0.1) is 12.8 Å². The normalized spacial score (nSPS) is 18.2. The summed E-state index contributed by atoms with van der Waals surface area (Å²) in [6.07, 6.45) is 1.50. The molecular formula is C10H15NO5S. The topological polar surface area (TPSA) is 78.6 Å². The molecule has 1 aliphatic heterocycles. The van der Waals surface area contributed by atoms with Crippen LogP contribution in [0.1, 0.15) is 18.6 Å². The van der Waals surface area contributed by atoms with E-state index in [-0.39, 0.29) is 17.6 Å². The highest BCUT2D eigenvalue weighted by molar-refractivity contribution is 7.87. The van der Waals surface area contributed by atoms with E-state index in [2.05, 4.69) is 5.16 Å². The second-order valence-electron chi connectivity index (χ2n) is 4.14. The van der Waals surface area contributed by atoms with Gasteiger partial charge in [0.05, 0.1) is 5.75 Å². The Morgan fingerprint density at radius 1 is 1.47 bits per heavy atom. The summed E-state index contributed by atoms with van der Waals surface area (Å²) in [6, 6.07) is 1.45. The van der Waals surface area contributed by atoms with Gasteiger partial charge < -0.3 is 13.4 Å². The van der Waals surface area contributed by atoms with Crippen molar-refractivity contribution in [2.24, 2.45) is 5.92 Å². The molecular weight excluding hydrogens is 246 g/mol. The first kappa shape index (κ1) is 12.4. The van der Waals surface area contributed by atoms with E-state index in [1.54, 1.807) is 6.92 Å². The summed E-state index contributed by atoms with van der Waals surface area (Å²) in [7, 11) is -3.60. The fraction of sp³-hybridized carbons (Fsp3) is 0.700. The molecule has 1 saturated heterocycles. The fourth-order valence-corrected chi connectivity index (χ4v) is 3.07. The van der Waals surface area contributed by atoms with E-state index in [4.69, 9.17) is 13.4 Å². The van der Waals surface area contributed by atoms with Crippen molar-refractivity contribution in [3.05, 3.63) is 11.8 Å². The van der Waals surface area contributed by atoms with Crippen LogP contribution in [0.25, 0.3) is 0 Å². The first-order chi connectivity index (χ1) is 8.05. The summed E-state index contributed by atoms with van der Waals surface area (Å²) in [6.45, 7) is 2.90. The second-order valence-corrected chi connectivity index (χ2v) is 5.75. The molecule has 0 aromatic carbocycles. The molecule has 7 heteroatoms. The maximum atomic E-state index is 11.7. The van der Waals surface area contributed by atoms with Crippen molar-refractivity contribution in [1.82, 2.24) is 5.16 Å². The largest absolute Gasteiger partial charge is 0.381 e.